The number of piperidine rings is 1. The molecular weight excluding hydrogens is 488 g/mol. The maximum absolute atomic E-state index is 13.3. The molecule has 0 spiro atoms. The van der Waals surface area contributed by atoms with E-state index >= 15 is 0 Å². The monoisotopic (exact) mass is 517 g/mol. The van der Waals surface area contributed by atoms with Crippen molar-refractivity contribution in [2.75, 3.05) is 26.3 Å². The summed E-state index contributed by atoms with van der Waals surface area (Å²) in [4.78, 5) is 14.3. The van der Waals surface area contributed by atoms with Crippen LogP contribution in [-0.2, 0) is 32.2 Å². The number of halogens is 6. The number of ether oxygens (including phenoxy) is 2. The van der Waals surface area contributed by atoms with E-state index in [1.165, 1.54) is 6.92 Å². The first-order valence-corrected chi connectivity index (χ1v) is 11.7. The van der Waals surface area contributed by atoms with E-state index in [9.17, 15) is 31.1 Å². The van der Waals surface area contributed by atoms with Gasteiger partial charge in [-0.3, -0.25) is 9.69 Å². The van der Waals surface area contributed by atoms with Crippen LogP contribution >= 0.6 is 0 Å². The van der Waals surface area contributed by atoms with Crippen LogP contribution in [0.25, 0.3) is 0 Å². The van der Waals surface area contributed by atoms with Gasteiger partial charge in [0.2, 0.25) is 0 Å². The van der Waals surface area contributed by atoms with Gasteiger partial charge in [-0.25, -0.2) is 0 Å². The van der Waals surface area contributed by atoms with Crippen molar-refractivity contribution in [1.82, 2.24) is 4.90 Å². The number of benzene rings is 2. The van der Waals surface area contributed by atoms with Crippen LogP contribution in [0.5, 0.6) is 0 Å². The minimum atomic E-state index is -4.94. The molecule has 0 saturated carbocycles. The maximum atomic E-state index is 13.3. The summed E-state index contributed by atoms with van der Waals surface area (Å²) in [6.45, 7) is 3.86. The number of hydrogen-bond acceptors (Lipinski definition) is 4. The van der Waals surface area contributed by atoms with Crippen molar-refractivity contribution in [2.24, 2.45) is 0 Å². The van der Waals surface area contributed by atoms with Crippen LogP contribution in [0.2, 0.25) is 0 Å². The van der Waals surface area contributed by atoms with E-state index in [1.54, 1.807) is 6.92 Å². The van der Waals surface area contributed by atoms with Gasteiger partial charge in [0.1, 0.15) is 0 Å². The van der Waals surface area contributed by atoms with Gasteiger partial charge in [-0.2, -0.15) is 26.3 Å². The lowest BCUT2D eigenvalue weighted by Crippen LogP contribution is -2.54. The summed E-state index contributed by atoms with van der Waals surface area (Å²) in [5.41, 5.74) is -2.95. The Hall–Kier alpha value is -2.59. The van der Waals surface area contributed by atoms with Crippen LogP contribution in [0.4, 0.5) is 26.3 Å². The lowest BCUT2D eigenvalue weighted by molar-refractivity contribution is -0.149. The second-order valence-electron chi connectivity index (χ2n) is 8.87. The molecule has 0 aromatic heterocycles. The average Bonchev–Trinajstić information content (AvgIpc) is 2.82. The molecule has 0 aliphatic carbocycles. The molecule has 2 aromatic rings. The van der Waals surface area contributed by atoms with Gasteiger partial charge in [0.05, 0.1) is 42.5 Å². The Morgan fingerprint density at radius 2 is 1.61 bits per heavy atom. The number of alkyl halides is 6. The Bertz CT molecular complexity index is 992. The molecule has 0 N–H and O–H groups in total. The van der Waals surface area contributed by atoms with Crippen molar-refractivity contribution in [3.05, 3.63) is 70.8 Å². The number of carbonyl (C=O) groups is 1. The van der Waals surface area contributed by atoms with Gasteiger partial charge < -0.3 is 9.47 Å². The third-order valence-electron chi connectivity index (χ3n) is 6.46. The molecule has 198 valence electrons. The number of likely N-dealkylation sites (tertiary alicyclic amines) is 1. The van der Waals surface area contributed by atoms with Crippen LogP contribution in [-0.4, -0.2) is 37.2 Å². The standard InChI is InChI=1S/C26H29F6NO3/c1-3-35-23(34)16-33-12-8-7-11-24(33,20-9-5-4-6-10-20)17-36-18(2)19-13-21(25(27,28)29)15-22(14-19)26(30,31)32/h4-6,9-10,13-15,18H,3,7-8,11-12,16-17H2,1-2H3/t18-,24-/m1/s1. The second kappa shape index (κ2) is 11.2. The third kappa shape index (κ3) is 6.59. The summed E-state index contributed by atoms with van der Waals surface area (Å²) in [7, 11) is 0. The fourth-order valence-corrected chi connectivity index (χ4v) is 4.58. The average molecular weight is 518 g/mol. The number of esters is 1. The lowest BCUT2D eigenvalue weighted by atomic mass is 9.80. The van der Waals surface area contributed by atoms with E-state index in [2.05, 4.69) is 0 Å². The highest BCUT2D eigenvalue weighted by Crippen LogP contribution is 2.41. The molecule has 10 heteroatoms. The summed E-state index contributed by atoms with van der Waals surface area (Å²) in [5, 5.41) is 0. The first-order valence-electron chi connectivity index (χ1n) is 11.7. The van der Waals surface area contributed by atoms with Gasteiger partial charge in [0.25, 0.3) is 0 Å². The predicted octanol–water partition coefficient (Wildman–Crippen LogP) is 6.75. The second-order valence-corrected chi connectivity index (χ2v) is 8.87. The Morgan fingerprint density at radius 3 is 2.17 bits per heavy atom. The van der Waals surface area contributed by atoms with Crippen LogP contribution in [0.1, 0.15) is 61.5 Å². The highest BCUT2D eigenvalue weighted by molar-refractivity contribution is 5.71. The largest absolute Gasteiger partial charge is 0.465 e. The summed E-state index contributed by atoms with van der Waals surface area (Å²) in [6.07, 6.45) is -8.72. The van der Waals surface area contributed by atoms with Crippen molar-refractivity contribution in [1.29, 1.82) is 0 Å². The minimum Gasteiger partial charge on any atom is -0.465 e. The fourth-order valence-electron chi connectivity index (χ4n) is 4.58. The van der Waals surface area contributed by atoms with Crippen molar-refractivity contribution in [2.45, 2.75) is 57.1 Å². The third-order valence-corrected chi connectivity index (χ3v) is 6.46. The Labute approximate surface area is 206 Å². The normalized spacial score (nSPS) is 20.2. The predicted molar refractivity (Wildman–Crippen MR) is 121 cm³/mol. The highest BCUT2D eigenvalue weighted by atomic mass is 19.4. The first kappa shape index (κ1) is 28.0. The van der Waals surface area contributed by atoms with E-state index in [-0.39, 0.29) is 31.4 Å². The molecule has 1 saturated heterocycles. The molecule has 1 aliphatic heterocycles. The van der Waals surface area contributed by atoms with E-state index in [0.717, 1.165) is 18.4 Å². The van der Waals surface area contributed by atoms with Crippen LogP contribution in [0.15, 0.2) is 48.5 Å². The van der Waals surface area contributed by atoms with Crippen molar-refractivity contribution in [3.8, 4) is 0 Å². The summed E-state index contributed by atoms with van der Waals surface area (Å²) < 4.78 is 91.1. The number of hydrogen-bond donors (Lipinski definition) is 0. The van der Waals surface area contributed by atoms with Crippen molar-refractivity contribution in [3.63, 3.8) is 0 Å². The first-order chi connectivity index (χ1) is 16.9. The zero-order valence-electron chi connectivity index (χ0n) is 20.1. The SMILES string of the molecule is CCOC(=O)CN1CCCC[C@@]1(CO[C@H](C)c1cc(C(F)(F)F)cc(C(F)(F)F)c1)c1ccccc1. The van der Waals surface area contributed by atoms with E-state index in [1.807, 2.05) is 35.2 Å². The molecule has 2 aromatic carbocycles. The lowest BCUT2D eigenvalue weighted by Gasteiger charge is -2.47. The molecule has 0 amide bonds. The number of rotatable bonds is 8. The van der Waals surface area contributed by atoms with Crippen LogP contribution < -0.4 is 0 Å². The number of nitrogens with zero attached hydrogens (tertiary/aromatic N) is 1. The quantitative estimate of drug-likeness (QED) is 0.287. The van der Waals surface area contributed by atoms with E-state index < -0.39 is 41.1 Å². The molecule has 4 nitrogen and oxygen atoms in total. The highest BCUT2D eigenvalue weighted by Gasteiger charge is 2.43. The topological polar surface area (TPSA) is 38.8 Å². The molecule has 1 fully saturated rings. The molecular formula is C26H29F6NO3. The number of carbonyl (C=O) groups excluding carboxylic acids is 1. The molecule has 1 aliphatic rings. The summed E-state index contributed by atoms with van der Waals surface area (Å²) in [5.74, 6) is -0.416. The van der Waals surface area contributed by atoms with Gasteiger partial charge in [-0.05, 0) is 69.0 Å². The summed E-state index contributed by atoms with van der Waals surface area (Å²) >= 11 is 0. The van der Waals surface area contributed by atoms with Crippen molar-refractivity contribution >= 4 is 5.97 Å². The molecule has 1 heterocycles. The summed E-state index contributed by atoms with van der Waals surface area (Å²) in [6, 6.07) is 10.7. The molecule has 36 heavy (non-hydrogen) atoms. The Balaban J connectivity index is 1.94. The van der Waals surface area contributed by atoms with Gasteiger partial charge >= 0.3 is 18.3 Å². The molecule has 3 rings (SSSR count). The van der Waals surface area contributed by atoms with Gasteiger partial charge in [-0.1, -0.05) is 30.3 Å². The maximum Gasteiger partial charge on any atom is 0.416 e. The Kier molecular flexibility index (Phi) is 8.71. The minimum absolute atomic E-state index is 0.0117. The smallest absolute Gasteiger partial charge is 0.416 e. The van der Waals surface area contributed by atoms with E-state index in [4.69, 9.17) is 9.47 Å². The van der Waals surface area contributed by atoms with Crippen LogP contribution in [0, 0.1) is 0 Å². The fraction of sp³-hybridized carbons (Fsp3) is 0.500. The van der Waals surface area contributed by atoms with Crippen molar-refractivity contribution < 1.29 is 40.6 Å². The molecule has 0 radical (unpaired) electrons. The van der Waals surface area contributed by atoms with Gasteiger partial charge in [-0.15, -0.1) is 0 Å². The van der Waals surface area contributed by atoms with Crippen LogP contribution in [0.3, 0.4) is 0 Å². The van der Waals surface area contributed by atoms with Gasteiger partial charge in [0, 0.05) is 0 Å². The molecule has 0 bridgehead atoms. The zero-order valence-corrected chi connectivity index (χ0v) is 20.1. The zero-order chi connectivity index (χ0) is 26.6. The van der Waals surface area contributed by atoms with Gasteiger partial charge in [0.15, 0.2) is 0 Å². The molecule has 0 unspecified atom stereocenters. The molecule has 2 atom stereocenters. The Morgan fingerprint density at radius 1 is 1.00 bits per heavy atom. The van der Waals surface area contributed by atoms with E-state index in [0.29, 0.717) is 25.1 Å².